The first-order valence-corrected chi connectivity index (χ1v) is 10.3. The Balaban J connectivity index is -0.00000113. The van der Waals surface area contributed by atoms with E-state index in [9.17, 15) is 9.59 Å². The average molecular weight is 396 g/mol. The zero-order valence-corrected chi connectivity index (χ0v) is 17.9. The molecule has 0 saturated heterocycles. The van der Waals surface area contributed by atoms with Gasteiger partial charge in [0.2, 0.25) is 0 Å². The normalized spacial score (nSPS) is 9.71. The van der Waals surface area contributed by atoms with Crippen LogP contribution in [0.4, 0.5) is 0 Å². The summed E-state index contributed by atoms with van der Waals surface area (Å²) in [6, 6.07) is 0. The molecule has 0 aliphatic heterocycles. The van der Waals surface area contributed by atoms with Crippen LogP contribution in [0.1, 0.15) is 103 Å². The number of unbranched alkanes of at least 4 members (excludes halogenated alkanes) is 13. The number of carboxylic acids is 1. The molecule has 0 unspecified atom stereocenters. The SMILES string of the molecule is CCCCCCCCCCCCCCCCOC(=O)CC(=O)O.[Li+].[O-]B(O)O. The Hall–Kier alpha value is -0.518. The van der Waals surface area contributed by atoms with Gasteiger partial charge in [-0.1, -0.05) is 90.4 Å². The van der Waals surface area contributed by atoms with Crippen molar-refractivity contribution in [3.63, 3.8) is 0 Å². The minimum Gasteiger partial charge on any atom is -0.832 e. The molecule has 9 heteroatoms. The number of hydrogen-bond donors (Lipinski definition) is 3. The molecule has 160 valence electrons. The first-order chi connectivity index (χ1) is 12.9. The molecule has 0 rings (SSSR count). The molecule has 0 fully saturated rings. The first kappa shape index (κ1) is 32.2. The van der Waals surface area contributed by atoms with E-state index in [2.05, 4.69) is 6.92 Å². The summed E-state index contributed by atoms with van der Waals surface area (Å²) in [5, 5.41) is 31.2. The van der Waals surface area contributed by atoms with Crippen LogP contribution in [0.5, 0.6) is 0 Å². The van der Waals surface area contributed by atoms with Gasteiger partial charge in [0.1, 0.15) is 6.42 Å². The van der Waals surface area contributed by atoms with Crippen molar-refractivity contribution in [2.45, 2.75) is 103 Å². The van der Waals surface area contributed by atoms with Gasteiger partial charge in [-0.25, -0.2) is 0 Å². The number of carbonyl (C=O) groups excluding carboxylic acids is 1. The van der Waals surface area contributed by atoms with Crippen molar-refractivity contribution >= 4 is 19.3 Å². The summed E-state index contributed by atoms with van der Waals surface area (Å²) in [5.41, 5.74) is 0. The molecule has 0 heterocycles. The third kappa shape index (κ3) is 36.4. The van der Waals surface area contributed by atoms with Gasteiger partial charge in [0, 0.05) is 0 Å². The van der Waals surface area contributed by atoms with Crippen LogP contribution < -0.4 is 23.9 Å². The summed E-state index contributed by atoms with van der Waals surface area (Å²) < 4.78 is 4.84. The van der Waals surface area contributed by atoms with E-state index in [-0.39, 0.29) is 18.9 Å². The molecule has 0 amide bonds. The second-order valence-electron chi connectivity index (χ2n) is 6.71. The largest absolute Gasteiger partial charge is 1.00 e. The summed E-state index contributed by atoms with van der Waals surface area (Å²) >= 11 is 0. The van der Waals surface area contributed by atoms with Gasteiger partial charge < -0.3 is 24.9 Å². The van der Waals surface area contributed by atoms with Crippen LogP contribution in [0.25, 0.3) is 0 Å². The van der Waals surface area contributed by atoms with E-state index in [4.69, 9.17) is 24.9 Å². The van der Waals surface area contributed by atoms with E-state index >= 15 is 0 Å². The fourth-order valence-electron chi connectivity index (χ4n) is 2.66. The number of hydrogen-bond acceptors (Lipinski definition) is 6. The third-order valence-electron chi connectivity index (χ3n) is 4.06. The third-order valence-corrected chi connectivity index (χ3v) is 4.06. The molecule has 0 bridgehead atoms. The van der Waals surface area contributed by atoms with Crippen molar-refractivity contribution in [3.8, 4) is 0 Å². The van der Waals surface area contributed by atoms with Crippen LogP contribution in [-0.4, -0.2) is 41.0 Å². The van der Waals surface area contributed by atoms with Gasteiger partial charge >= 0.3 is 38.1 Å². The molecule has 0 aliphatic carbocycles. The summed E-state index contributed by atoms with van der Waals surface area (Å²) in [7, 11) is -2.42. The van der Waals surface area contributed by atoms with Gasteiger partial charge in [-0.15, -0.1) is 0 Å². The Morgan fingerprint density at radius 3 is 1.43 bits per heavy atom. The van der Waals surface area contributed by atoms with E-state index in [1.165, 1.54) is 77.0 Å². The van der Waals surface area contributed by atoms with E-state index < -0.39 is 25.7 Å². The van der Waals surface area contributed by atoms with E-state index in [1.54, 1.807) is 0 Å². The van der Waals surface area contributed by atoms with E-state index in [1.807, 2.05) is 0 Å². The van der Waals surface area contributed by atoms with E-state index in [0.29, 0.717) is 6.61 Å². The Labute approximate surface area is 182 Å². The monoisotopic (exact) mass is 396 g/mol. The van der Waals surface area contributed by atoms with Gasteiger partial charge in [-0.3, -0.25) is 9.59 Å². The zero-order valence-electron chi connectivity index (χ0n) is 17.9. The average Bonchev–Trinajstić information content (AvgIpc) is 2.57. The van der Waals surface area contributed by atoms with E-state index in [0.717, 1.165) is 12.8 Å². The van der Waals surface area contributed by atoms with Gasteiger partial charge in [-0.05, 0) is 6.42 Å². The van der Waals surface area contributed by atoms with Crippen molar-refractivity contribution in [2.24, 2.45) is 0 Å². The number of carboxylic acid groups (broad SMARTS) is 1. The van der Waals surface area contributed by atoms with Crippen molar-refractivity contribution in [1.29, 1.82) is 0 Å². The Kier molecular flexibility index (Phi) is 30.4. The molecule has 28 heavy (non-hydrogen) atoms. The standard InChI is InChI=1S/C19H36O4.BH2O3.Li/c1-2-3-4-5-6-7-8-9-10-11-12-13-14-15-16-23-19(22)17-18(20)21;2-1(3)4;/h2-17H2,1H3,(H,20,21);2-3H;/q;-1;+1. The molecule has 7 nitrogen and oxygen atoms in total. The summed E-state index contributed by atoms with van der Waals surface area (Å²) in [6.07, 6.45) is 17.5. The van der Waals surface area contributed by atoms with Crippen LogP contribution in [-0.2, 0) is 14.3 Å². The molecular weight excluding hydrogens is 358 g/mol. The molecule has 0 aromatic rings. The Morgan fingerprint density at radius 1 is 0.786 bits per heavy atom. The van der Waals surface area contributed by atoms with Gasteiger partial charge in [0.15, 0.2) is 0 Å². The first-order valence-electron chi connectivity index (χ1n) is 10.3. The molecule has 0 saturated carbocycles. The van der Waals surface area contributed by atoms with Crippen LogP contribution >= 0.6 is 0 Å². The van der Waals surface area contributed by atoms with Crippen LogP contribution in [0, 0.1) is 0 Å². The molecule has 0 radical (unpaired) electrons. The topological polar surface area (TPSA) is 127 Å². The number of ether oxygens (including phenoxy) is 1. The predicted molar refractivity (Wildman–Crippen MR) is 104 cm³/mol. The summed E-state index contributed by atoms with van der Waals surface area (Å²) in [4.78, 5) is 21.3. The second-order valence-corrected chi connectivity index (χ2v) is 6.71. The number of aliphatic carboxylic acids is 1. The summed E-state index contributed by atoms with van der Waals surface area (Å²) in [5.74, 6) is -1.76. The van der Waals surface area contributed by atoms with Gasteiger partial charge in [0.25, 0.3) is 0 Å². The molecule has 3 N–H and O–H groups in total. The maximum Gasteiger partial charge on any atom is 1.00 e. The van der Waals surface area contributed by atoms with Crippen molar-refractivity contribution in [1.82, 2.24) is 0 Å². The van der Waals surface area contributed by atoms with Gasteiger partial charge in [0.05, 0.1) is 6.61 Å². The second kappa shape index (κ2) is 26.5. The molecule has 0 atom stereocenters. The van der Waals surface area contributed by atoms with Crippen molar-refractivity contribution in [3.05, 3.63) is 0 Å². The fraction of sp³-hybridized carbons (Fsp3) is 0.895. The van der Waals surface area contributed by atoms with Crippen LogP contribution in [0.2, 0.25) is 0 Å². The maximum absolute atomic E-state index is 11.0. The molecule has 0 spiro atoms. The number of esters is 1. The zero-order chi connectivity index (χ0) is 20.8. The van der Waals surface area contributed by atoms with Gasteiger partial charge in [-0.2, -0.15) is 0 Å². The fourth-order valence-corrected chi connectivity index (χ4v) is 2.66. The maximum atomic E-state index is 11.0. The van der Waals surface area contributed by atoms with Crippen LogP contribution in [0.15, 0.2) is 0 Å². The smallest absolute Gasteiger partial charge is 0.832 e. The summed E-state index contributed by atoms with van der Waals surface area (Å²) in [6.45, 7) is 2.61. The molecular formula is C19H38BLiO7. The van der Waals surface area contributed by atoms with Crippen molar-refractivity contribution in [2.75, 3.05) is 6.61 Å². The minimum absolute atomic E-state index is 0. The number of rotatable bonds is 17. The molecule has 0 aromatic heterocycles. The molecule has 0 aromatic carbocycles. The Morgan fingerprint density at radius 2 is 1.11 bits per heavy atom. The van der Waals surface area contributed by atoms with Crippen LogP contribution in [0.3, 0.4) is 0 Å². The minimum atomic E-state index is -2.42. The Bertz CT molecular complexity index is 341. The number of carbonyl (C=O) groups is 2. The predicted octanol–water partition coefficient (Wildman–Crippen LogP) is -0.194. The molecule has 0 aliphatic rings. The quantitative estimate of drug-likeness (QED) is 0.135. The van der Waals surface area contributed by atoms with Crippen molar-refractivity contribution < 1.29 is 53.4 Å².